The third-order valence-corrected chi connectivity index (χ3v) is 5.06. The monoisotopic (exact) mass is 268 g/mol. The van der Waals surface area contributed by atoms with Crippen LogP contribution in [0, 0.1) is 5.41 Å². The topological polar surface area (TPSA) is 35.5 Å². The van der Waals surface area contributed by atoms with Crippen LogP contribution in [0.15, 0.2) is 0 Å². The molecule has 19 heavy (non-hydrogen) atoms. The maximum absolute atomic E-state index is 9.73. The lowest BCUT2D eigenvalue weighted by molar-refractivity contribution is 0.0765. The van der Waals surface area contributed by atoms with Crippen molar-refractivity contribution in [1.29, 1.82) is 0 Å². The number of aliphatic hydroxyl groups excluding tert-OH is 1. The Morgan fingerprint density at radius 3 is 2.32 bits per heavy atom. The van der Waals surface area contributed by atoms with E-state index >= 15 is 0 Å². The molecule has 0 aromatic carbocycles. The highest BCUT2D eigenvalue weighted by molar-refractivity contribution is 4.85. The minimum atomic E-state index is 0.175. The number of nitrogens with zero attached hydrogens (tertiary/aromatic N) is 1. The van der Waals surface area contributed by atoms with E-state index in [1.54, 1.807) is 0 Å². The van der Waals surface area contributed by atoms with Gasteiger partial charge in [0, 0.05) is 31.2 Å². The first-order valence-corrected chi connectivity index (χ1v) is 8.31. The average molecular weight is 268 g/mol. The summed E-state index contributed by atoms with van der Waals surface area (Å²) in [4.78, 5) is 2.59. The number of aliphatic hydroxyl groups is 1. The van der Waals surface area contributed by atoms with Crippen molar-refractivity contribution in [2.24, 2.45) is 5.41 Å². The molecule has 3 nitrogen and oxygen atoms in total. The number of nitrogens with one attached hydrogen (secondary N) is 1. The molecule has 0 amide bonds. The summed E-state index contributed by atoms with van der Waals surface area (Å²) in [5, 5.41) is 13.4. The molecule has 0 spiro atoms. The molecular formula is C16H32N2O. The second-order valence-corrected chi connectivity index (χ2v) is 6.86. The molecule has 0 aromatic heterocycles. The van der Waals surface area contributed by atoms with Crippen LogP contribution in [0.3, 0.4) is 0 Å². The van der Waals surface area contributed by atoms with Gasteiger partial charge in [0.05, 0.1) is 0 Å². The molecule has 3 heteroatoms. The first-order valence-electron chi connectivity index (χ1n) is 8.31. The van der Waals surface area contributed by atoms with Crippen LogP contribution in [0.25, 0.3) is 0 Å². The molecule has 1 unspecified atom stereocenters. The van der Waals surface area contributed by atoms with E-state index in [0.29, 0.717) is 12.6 Å². The number of piperidine rings is 1. The van der Waals surface area contributed by atoms with Gasteiger partial charge < -0.3 is 15.3 Å². The molecule has 1 saturated carbocycles. The fourth-order valence-electron chi connectivity index (χ4n) is 3.68. The molecule has 0 aromatic rings. The third-order valence-electron chi connectivity index (χ3n) is 5.06. The van der Waals surface area contributed by atoms with Gasteiger partial charge in [0.1, 0.15) is 0 Å². The molecule has 112 valence electrons. The smallest absolute Gasteiger partial charge is 0.0499 e. The molecular weight excluding hydrogens is 236 g/mol. The lowest BCUT2D eigenvalue weighted by Crippen LogP contribution is -2.47. The van der Waals surface area contributed by atoms with Crippen LogP contribution in [-0.2, 0) is 0 Å². The van der Waals surface area contributed by atoms with Crippen LogP contribution in [0.5, 0.6) is 0 Å². The van der Waals surface area contributed by atoms with Gasteiger partial charge in [-0.25, -0.2) is 0 Å². The van der Waals surface area contributed by atoms with E-state index in [0.717, 1.165) is 6.54 Å². The number of rotatable bonds is 6. The fraction of sp³-hybridized carbons (Fsp3) is 1.00. The Labute approximate surface area is 118 Å². The molecule has 0 bridgehead atoms. The van der Waals surface area contributed by atoms with Crippen molar-refractivity contribution in [3.63, 3.8) is 0 Å². The molecule has 1 saturated heterocycles. The van der Waals surface area contributed by atoms with Crippen LogP contribution in [-0.4, -0.2) is 48.8 Å². The van der Waals surface area contributed by atoms with Gasteiger partial charge in [-0.1, -0.05) is 25.7 Å². The minimum Gasteiger partial charge on any atom is -0.396 e. The maximum Gasteiger partial charge on any atom is 0.0499 e. The van der Waals surface area contributed by atoms with Crippen molar-refractivity contribution in [2.75, 3.05) is 32.8 Å². The molecule has 1 atom stereocenters. The summed E-state index contributed by atoms with van der Waals surface area (Å²) in [6.07, 6.45) is 10.5. The van der Waals surface area contributed by atoms with Gasteiger partial charge in [-0.05, 0) is 45.7 Å². The van der Waals surface area contributed by atoms with Crippen molar-refractivity contribution in [1.82, 2.24) is 10.2 Å². The Morgan fingerprint density at radius 1 is 1.05 bits per heavy atom. The Balaban J connectivity index is 1.70. The van der Waals surface area contributed by atoms with Gasteiger partial charge in [-0.15, -0.1) is 0 Å². The largest absolute Gasteiger partial charge is 0.396 e. The van der Waals surface area contributed by atoms with Gasteiger partial charge in [0.25, 0.3) is 0 Å². The van der Waals surface area contributed by atoms with Crippen molar-refractivity contribution in [3.05, 3.63) is 0 Å². The zero-order valence-electron chi connectivity index (χ0n) is 12.7. The summed E-state index contributed by atoms with van der Waals surface area (Å²) in [6, 6.07) is 0.545. The maximum atomic E-state index is 9.73. The summed E-state index contributed by atoms with van der Waals surface area (Å²) in [6.45, 7) is 7.37. The second-order valence-electron chi connectivity index (χ2n) is 6.86. The molecule has 1 heterocycles. The molecule has 2 fully saturated rings. The van der Waals surface area contributed by atoms with E-state index in [1.165, 1.54) is 71.0 Å². The first-order chi connectivity index (χ1) is 9.24. The van der Waals surface area contributed by atoms with E-state index in [-0.39, 0.29) is 5.41 Å². The molecule has 2 aliphatic rings. The molecule has 1 aliphatic heterocycles. The zero-order valence-corrected chi connectivity index (χ0v) is 12.7. The predicted molar refractivity (Wildman–Crippen MR) is 80.4 cm³/mol. The summed E-state index contributed by atoms with van der Waals surface area (Å²) in [5.41, 5.74) is 0.175. The molecule has 2 rings (SSSR count). The quantitative estimate of drug-likeness (QED) is 0.776. The second kappa shape index (κ2) is 7.61. The average Bonchev–Trinajstić information content (AvgIpc) is 2.47. The van der Waals surface area contributed by atoms with E-state index in [9.17, 15) is 5.11 Å². The van der Waals surface area contributed by atoms with Crippen molar-refractivity contribution in [2.45, 2.75) is 64.3 Å². The normalized spacial score (nSPS) is 26.2. The van der Waals surface area contributed by atoms with Crippen LogP contribution in [0.1, 0.15) is 58.3 Å². The Morgan fingerprint density at radius 2 is 1.68 bits per heavy atom. The Hall–Kier alpha value is -0.120. The predicted octanol–water partition coefficient (Wildman–Crippen LogP) is 2.39. The van der Waals surface area contributed by atoms with Crippen molar-refractivity contribution >= 4 is 0 Å². The highest BCUT2D eigenvalue weighted by atomic mass is 16.3. The molecule has 2 N–H and O–H groups in total. The highest BCUT2D eigenvalue weighted by Crippen LogP contribution is 2.35. The highest BCUT2D eigenvalue weighted by Gasteiger charge is 2.31. The Bertz CT molecular complexity index is 245. The standard InChI is InChI=1S/C16H32N2O/c1-15(12-18-10-6-3-7-11-18)17-13-16(14-19)8-4-2-5-9-16/h15,17,19H,2-14H2,1H3. The van der Waals surface area contributed by atoms with Gasteiger partial charge >= 0.3 is 0 Å². The van der Waals surface area contributed by atoms with Crippen LogP contribution < -0.4 is 5.32 Å². The SMILES string of the molecule is CC(CN1CCCCC1)NCC1(CO)CCCCC1. The van der Waals surface area contributed by atoms with Crippen molar-refractivity contribution in [3.8, 4) is 0 Å². The van der Waals surface area contributed by atoms with Crippen LogP contribution in [0.2, 0.25) is 0 Å². The fourth-order valence-corrected chi connectivity index (χ4v) is 3.68. The summed E-state index contributed by atoms with van der Waals surface area (Å²) >= 11 is 0. The number of hydrogen-bond donors (Lipinski definition) is 2. The number of hydrogen-bond acceptors (Lipinski definition) is 3. The molecule has 0 radical (unpaired) electrons. The van der Waals surface area contributed by atoms with Crippen LogP contribution in [0.4, 0.5) is 0 Å². The van der Waals surface area contributed by atoms with E-state index < -0.39 is 0 Å². The zero-order chi connectivity index (χ0) is 13.6. The van der Waals surface area contributed by atoms with Gasteiger partial charge in [-0.2, -0.15) is 0 Å². The number of likely N-dealkylation sites (tertiary alicyclic amines) is 1. The minimum absolute atomic E-state index is 0.175. The van der Waals surface area contributed by atoms with Crippen molar-refractivity contribution < 1.29 is 5.11 Å². The Kier molecular flexibility index (Phi) is 6.11. The summed E-state index contributed by atoms with van der Waals surface area (Å²) < 4.78 is 0. The lowest BCUT2D eigenvalue weighted by Gasteiger charge is -2.37. The molecule has 1 aliphatic carbocycles. The van der Waals surface area contributed by atoms with Gasteiger partial charge in [0.15, 0.2) is 0 Å². The van der Waals surface area contributed by atoms with E-state index in [2.05, 4.69) is 17.1 Å². The van der Waals surface area contributed by atoms with Gasteiger partial charge in [-0.3, -0.25) is 0 Å². The van der Waals surface area contributed by atoms with Crippen LogP contribution >= 0.6 is 0 Å². The summed E-state index contributed by atoms with van der Waals surface area (Å²) in [5.74, 6) is 0. The van der Waals surface area contributed by atoms with Gasteiger partial charge in [0.2, 0.25) is 0 Å². The first kappa shape index (κ1) is 15.3. The third kappa shape index (κ3) is 4.73. The van der Waals surface area contributed by atoms with E-state index in [4.69, 9.17) is 0 Å². The lowest BCUT2D eigenvalue weighted by atomic mass is 9.74. The summed E-state index contributed by atoms with van der Waals surface area (Å²) in [7, 11) is 0. The van der Waals surface area contributed by atoms with E-state index in [1.807, 2.05) is 0 Å².